The van der Waals surface area contributed by atoms with Crippen LogP contribution in [0.3, 0.4) is 0 Å². The van der Waals surface area contributed by atoms with Crippen LogP contribution in [0.4, 0.5) is 5.69 Å². The predicted octanol–water partition coefficient (Wildman–Crippen LogP) is 2.40. The molecule has 0 aliphatic carbocycles. The molecule has 148 valence electrons. The van der Waals surface area contributed by atoms with E-state index in [0.717, 1.165) is 37.2 Å². The summed E-state index contributed by atoms with van der Waals surface area (Å²) in [5.74, 6) is 1.91. The lowest BCUT2D eigenvalue weighted by Crippen LogP contribution is -2.43. The summed E-state index contributed by atoms with van der Waals surface area (Å²) in [5.41, 5.74) is 2.10. The van der Waals surface area contributed by atoms with Crippen molar-refractivity contribution in [2.24, 2.45) is 10.9 Å². The number of aliphatic imine (C=N–C) groups is 1. The van der Waals surface area contributed by atoms with E-state index in [1.165, 1.54) is 31.5 Å². The largest absolute Gasteiger partial charge is 0.357 e. The van der Waals surface area contributed by atoms with Crippen molar-refractivity contribution in [2.75, 3.05) is 44.6 Å². The number of hydrogen-bond acceptors (Lipinski definition) is 3. The molecule has 1 atom stereocenters. The standard InChI is InChI=1S/C21H33N5O/c1-3-22-21(23-10-13-26-11-8-16(2)9-12-26)24-15-17-14-20(27)25-19-7-5-4-6-18(17)19/h4-7,16-17H,3,8-15H2,1-2H3,(H,25,27)(H2,22,23,24). The smallest absolute Gasteiger partial charge is 0.225 e. The van der Waals surface area contributed by atoms with Crippen LogP contribution in [0.2, 0.25) is 0 Å². The Balaban J connectivity index is 1.53. The Kier molecular flexibility index (Phi) is 7.10. The Morgan fingerprint density at radius 3 is 2.81 bits per heavy atom. The number of fused-ring (bicyclic) bond motifs is 1. The monoisotopic (exact) mass is 371 g/mol. The number of hydrogen-bond donors (Lipinski definition) is 3. The van der Waals surface area contributed by atoms with E-state index in [-0.39, 0.29) is 11.8 Å². The lowest BCUT2D eigenvalue weighted by molar-refractivity contribution is -0.116. The van der Waals surface area contributed by atoms with E-state index in [4.69, 9.17) is 4.99 Å². The van der Waals surface area contributed by atoms with Gasteiger partial charge in [-0.2, -0.15) is 0 Å². The SMILES string of the molecule is CCNC(=NCC1CC(=O)Nc2ccccc21)NCCN1CCC(C)CC1. The molecule has 0 radical (unpaired) electrons. The molecule has 3 rings (SSSR count). The van der Waals surface area contributed by atoms with Crippen LogP contribution < -0.4 is 16.0 Å². The van der Waals surface area contributed by atoms with Gasteiger partial charge in [-0.3, -0.25) is 9.79 Å². The third-order valence-corrected chi connectivity index (χ3v) is 5.52. The third-order valence-electron chi connectivity index (χ3n) is 5.52. The molecule has 27 heavy (non-hydrogen) atoms. The second-order valence-electron chi connectivity index (χ2n) is 7.71. The van der Waals surface area contributed by atoms with Gasteiger partial charge in [-0.15, -0.1) is 0 Å². The summed E-state index contributed by atoms with van der Waals surface area (Å²) in [6.45, 7) is 10.2. The number of para-hydroxylation sites is 1. The van der Waals surface area contributed by atoms with Gasteiger partial charge in [0.25, 0.3) is 0 Å². The molecule has 0 aromatic heterocycles. The molecule has 6 heteroatoms. The summed E-state index contributed by atoms with van der Waals surface area (Å²) in [4.78, 5) is 19.3. The molecule has 1 saturated heterocycles. The van der Waals surface area contributed by atoms with Gasteiger partial charge in [0.1, 0.15) is 0 Å². The predicted molar refractivity (Wildman–Crippen MR) is 111 cm³/mol. The first-order valence-corrected chi connectivity index (χ1v) is 10.3. The summed E-state index contributed by atoms with van der Waals surface area (Å²) < 4.78 is 0. The van der Waals surface area contributed by atoms with Crippen LogP contribution >= 0.6 is 0 Å². The maximum atomic E-state index is 12.0. The lowest BCUT2D eigenvalue weighted by Gasteiger charge is -2.30. The fourth-order valence-corrected chi connectivity index (χ4v) is 3.83. The van der Waals surface area contributed by atoms with Gasteiger partial charge in [0.2, 0.25) is 5.91 Å². The van der Waals surface area contributed by atoms with Crippen LogP contribution in [-0.4, -0.2) is 56.0 Å². The molecule has 1 amide bonds. The highest BCUT2D eigenvalue weighted by molar-refractivity contribution is 5.94. The summed E-state index contributed by atoms with van der Waals surface area (Å²) >= 11 is 0. The highest BCUT2D eigenvalue weighted by atomic mass is 16.1. The van der Waals surface area contributed by atoms with E-state index < -0.39 is 0 Å². The third kappa shape index (κ3) is 5.70. The zero-order chi connectivity index (χ0) is 19.1. The van der Waals surface area contributed by atoms with Crippen molar-refractivity contribution in [1.29, 1.82) is 0 Å². The number of nitrogens with zero attached hydrogens (tertiary/aromatic N) is 2. The Morgan fingerprint density at radius 2 is 2.04 bits per heavy atom. The summed E-state index contributed by atoms with van der Waals surface area (Å²) in [5, 5.41) is 9.72. The van der Waals surface area contributed by atoms with Gasteiger partial charge in [-0.25, -0.2) is 0 Å². The highest BCUT2D eigenvalue weighted by Crippen LogP contribution is 2.31. The van der Waals surface area contributed by atoms with Gasteiger partial charge in [-0.05, 0) is 50.4 Å². The number of piperidine rings is 1. The molecule has 0 saturated carbocycles. The van der Waals surface area contributed by atoms with Crippen LogP contribution in [0, 0.1) is 5.92 Å². The molecular weight excluding hydrogens is 338 g/mol. The van der Waals surface area contributed by atoms with E-state index in [9.17, 15) is 4.79 Å². The quantitative estimate of drug-likeness (QED) is 0.531. The normalized spacial score (nSPS) is 21.5. The molecule has 2 heterocycles. The zero-order valence-electron chi connectivity index (χ0n) is 16.6. The van der Waals surface area contributed by atoms with Gasteiger partial charge < -0.3 is 20.9 Å². The number of benzene rings is 1. The topological polar surface area (TPSA) is 68.8 Å². The first-order chi connectivity index (χ1) is 13.2. The Labute approximate surface area is 162 Å². The van der Waals surface area contributed by atoms with Crippen LogP contribution in [0.1, 0.15) is 44.6 Å². The van der Waals surface area contributed by atoms with E-state index in [1.54, 1.807) is 0 Å². The number of amides is 1. The lowest BCUT2D eigenvalue weighted by atomic mass is 9.91. The molecule has 1 fully saturated rings. The Bertz CT molecular complexity index is 652. The highest BCUT2D eigenvalue weighted by Gasteiger charge is 2.24. The maximum Gasteiger partial charge on any atom is 0.225 e. The summed E-state index contributed by atoms with van der Waals surface area (Å²) in [6, 6.07) is 8.03. The van der Waals surface area contributed by atoms with Gasteiger partial charge in [0.05, 0.1) is 6.54 Å². The van der Waals surface area contributed by atoms with Gasteiger partial charge in [0, 0.05) is 37.7 Å². The molecule has 6 nitrogen and oxygen atoms in total. The minimum atomic E-state index is 0.0752. The van der Waals surface area contributed by atoms with Crippen molar-refractivity contribution in [3.8, 4) is 0 Å². The first-order valence-electron chi connectivity index (χ1n) is 10.3. The number of nitrogens with one attached hydrogen (secondary N) is 3. The molecule has 1 aromatic rings. The van der Waals surface area contributed by atoms with Crippen LogP contribution in [-0.2, 0) is 4.79 Å². The maximum absolute atomic E-state index is 12.0. The minimum Gasteiger partial charge on any atom is -0.357 e. The zero-order valence-corrected chi connectivity index (χ0v) is 16.6. The van der Waals surface area contributed by atoms with Crippen molar-refractivity contribution in [3.63, 3.8) is 0 Å². The van der Waals surface area contributed by atoms with Crippen molar-refractivity contribution in [3.05, 3.63) is 29.8 Å². The minimum absolute atomic E-state index is 0.0752. The number of carbonyl (C=O) groups is 1. The average molecular weight is 372 g/mol. The summed E-state index contributed by atoms with van der Waals surface area (Å²) in [6.07, 6.45) is 3.10. The van der Waals surface area contributed by atoms with Crippen molar-refractivity contribution >= 4 is 17.6 Å². The molecule has 0 spiro atoms. The number of guanidine groups is 1. The number of rotatable bonds is 6. The molecule has 2 aliphatic rings. The van der Waals surface area contributed by atoms with Crippen LogP contribution in [0.15, 0.2) is 29.3 Å². The Morgan fingerprint density at radius 1 is 1.26 bits per heavy atom. The summed E-state index contributed by atoms with van der Waals surface area (Å²) in [7, 11) is 0. The van der Waals surface area contributed by atoms with Crippen LogP contribution in [0.25, 0.3) is 0 Å². The van der Waals surface area contributed by atoms with Crippen molar-refractivity contribution in [1.82, 2.24) is 15.5 Å². The van der Waals surface area contributed by atoms with Crippen molar-refractivity contribution in [2.45, 2.75) is 39.0 Å². The molecule has 2 aliphatic heterocycles. The Hall–Kier alpha value is -2.08. The number of carbonyl (C=O) groups excluding carboxylic acids is 1. The number of likely N-dealkylation sites (tertiary alicyclic amines) is 1. The number of anilines is 1. The van der Waals surface area contributed by atoms with E-state index in [1.807, 2.05) is 18.2 Å². The second kappa shape index (κ2) is 9.74. The van der Waals surface area contributed by atoms with Crippen LogP contribution in [0.5, 0.6) is 0 Å². The molecule has 0 bridgehead atoms. The fourth-order valence-electron chi connectivity index (χ4n) is 3.83. The first kappa shape index (κ1) is 19.7. The fraction of sp³-hybridized carbons (Fsp3) is 0.619. The molecule has 1 unspecified atom stereocenters. The van der Waals surface area contributed by atoms with E-state index >= 15 is 0 Å². The van der Waals surface area contributed by atoms with Crippen molar-refractivity contribution < 1.29 is 4.79 Å². The van der Waals surface area contributed by atoms with Gasteiger partial charge in [-0.1, -0.05) is 25.1 Å². The molecular formula is C21H33N5O. The molecule has 1 aromatic carbocycles. The second-order valence-corrected chi connectivity index (χ2v) is 7.71. The van der Waals surface area contributed by atoms with Gasteiger partial charge >= 0.3 is 0 Å². The average Bonchev–Trinajstić information content (AvgIpc) is 2.67. The van der Waals surface area contributed by atoms with Gasteiger partial charge in [0.15, 0.2) is 5.96 Å². The molecule has 3 N–H and O–H groups in total. The van der Waals surface area contributed by atoms with E-state index in [0.29, 0.717) is 13.0 Å². The van der Waals surface area contributed by atoms with E-state index in [2.05, 4.69) is 40.8 Å².